The molecule has 3 aromatic rings. The minimum Gasteiger partial charge on any atom is -0.342 e. The minimum absolute atomic E-state index is 0.395. The highest BCUT2D eigenvalue weighted by Gasteiger charge is 2.22. The number of nitrogens with zero attached hydrogens (tertiary/aromatic N) is 6. The van der Waals surface area contributed by atoms with E-state index < -0.39 is 11.2 Å². The number of fused-ring (bicyclic) bond motifs is 1. The molecule has 0 bridgehead atoms. The number of anilines is 1. The maximum atomic E-state index is 12.6. The van der Waals surface area contributed by atoms with Crippen molar-refractivity contribution in [2.24, 2.45) is 7.05 Å². The SMILES string of the molecule is Cc1ccnc(SCCn2c(N3CCCCCC3)nc3c2c(=O)[nH]c(=O)n3C)n1. The minimum atomic E-state index is -0.447. The number of hydrogen-bond donors (Lipinski definition) is 1. The van der Waals surface area contributed by atoms with Crippen LogP contribution >= 0.6 is 11.8 Å². The van der Waals surface area contributed by atoms with Crippen molar-refractivity contribution in [3.05, 3.63) is 38.8 Å². The zero-order chi connectivity index (χ0) is 20.4. The fourth-order valence-corrected chi connectivity index (χ4v) is 4.47. The fourth-order valence-electron chi connectivity index (χ4n) is 3.67. The number of aryl methyl sites for hydroxylation is 3. The summed E-state index contributed by atoms with van der Waals surface area (Å²) in [5.41, 5.74) is 0.949. The molecule has 10 heteroatoms. The summed E-state index contributed by atoms with van der Waals surface area (Å²) in [5, 5.41) is 0.715. The van der Waals surface area contributed by atoms with Gasteiger partial charge in [0.1, 0.15) is 0 Å². The molecule has 29 heavy (non-hydrogen) atoms. The Morgan fingerprint density at radius 3 is 2.62 bits per heavy atom. The molecular weight excluding hydrogens is 390 g/mol. The summed E-state index contributed by atoms with van der Waals surface area (Å²) in [6.07, 6.45) is 6.36. The van der Waals surface area contributed by atoms with Gasteiger partial charge in [0.25, 0.3) is 5.56 Å². The van der Waals surface area contributed by atoms with Crippen molar-refractivity contribution < 1.29 is 0 Å². The quantitative estimate of drug-likeness (QED) is 0.500. The van der Waals surface area contributed by atoms with Crippen LogP contribution in [0.3, 0.4) is 0 Å². The van der Waals surface area contributed by atoms with Crippen LogP contribution in [-0.4, -0.2) is 47.9 Å². The Labute approximate surface area is 172 Å². The van der Waals surface area contributed by atoms with Gasteiger partial charge in [-0.1, -0.05) is 24.6 Å². The molecule has 0 saturated carbocycles. The van der Waals surface area contributed by atoms with Crippen molar-refractivity contribution in [3.63, 3.8) is 0 Å². The van der Waals surface area contributed by atoms with Crippen LogP contribution in [0.25, 0.3) is 11.2 Å². The van der Waals surface area contributed by atoms with Gasteiger partial charge < -0.3 is 9.47 Å². The molecular formula is C19H25N7O2S. The lowest BCUT2D eigenvalue weighted by Crippen LogP contribution is -2.30. The molecule has 1 aliphatic heterocycles. The topological polar surface area (TPSA) is 102 Å². The Kier molecular flexibility index (Phi) is 5.70. The second kappa shape index (κ2) is 8.40. The number of hydrogen-bond acceptors (Lipinski definition) is 7. The van der Waals surface area contributed by atoms with E-state index in [1.165, 1.54) is 17.4 Å². The van der Waals surface area contributed by atoms with Crippen LogP contribution in [0.15, 0.2) is 27.0 Å². The lowest BCUT2D eigenvalue weighted by atomic mass is 10.2. The number of imidazole rings is 1. The zero-order valence-electron chi connectivity index (χ0n) is 16.7. The third-order valence-electron chi connectivity index (χ3n) is 5.19. The van der Waals surface area contributed by atoms with Crippen molar-refractivity contribution >= 4 is 28.9 Å². The van der Waals surface area contributed by atoms with Crippen LogP contribution in [0.4, 0.5) is 5.95 Å². The number of aromatic amines is 1. The van der Waals surface area contributed by atoms with Gasteiger partial charge in [-0.2, -0.15) is 4.98 Å². The standard InChI is InChI=1S/C19H25N7O2S/c1-13-7-8-20-17(21-13)29-12-11-26-14-15(24(2)19(28)23-16(14)27)22-18(26)25-9-5-3-4-6-10-25/h7-8H,3-6,9-12H2,1-2H3,(H,23,27,28). The Balaban J connectivity index is 1.71. The third kappa shape index (κ3) is 4.07. The third-order valence-corrected chi connectivity index (χ3v) is 6.04. The van der Waals surface area contributed by atoms with Gasteiger partial charge in [0, 0.05) is 44.3 Å². The normalized spacial score (nSPS) is 15.0. The van der Waals surface area contributed by atoms with Crippen LogP contribution in [-0.2, 0) is 13.6 Å². The van der Waals surface area contributed by atoms with Crippen LogP contribution in [0.2, 0.25) is 0 Å². The van der Waals surface area contributed by atoms with Crippen molar-refractivity contribution in [2.75, 3.05) is 23.7 Å². The molecule has 1 aliphatic rings. The van der Waals surface area contributed by atoms with E-state index in [4.69, 9.17) is 4.98 Å². The summed E-state index contributed by atoms with van der Waals surface area (Å²) in [4.78, 5) is 42.8. The van der Waals surface area contributed by atoms with Crippen molar-refractivity contribution in [3.8, 4) is 0 Å². The first-order valence-corrected chi connectivity index (χ1v) is 10.9. The fraction of sp³-hybridized carbons (Fsp3) is 0.526. The Bertz CT molecular complexity index is 1130. The average molecular weight is 416 g/mol. The zero-order valence-corrected chi connectivity index (χ0v) is 17.5. The van der Waals surface area contributed by atoms with E-state index in [9.17, 15) is 9.59 Å². The van der Waals surface area contributed by atoms with Gasteiger partial charge in [-0.25, -0.2) is 14.8 Å². The van der Waals surface area contributed by atoms with Gasteiger partial charge in [-0.15, -0.1) is 0 Å². The molecule has 0 amide bonds. The average Bonchev–Trinajstić information content (AvgIpc) is 2.87. The summed E-state index contributed by atoms with van der Waals surface area (Å²) in [7, 11) is 1.64. The lowest BCUT2D eigenvalue weighted by Gasteiger charge is -2.22. The summed E-state index contributed by atoms with van der Waals surface area (Å²) in [6.45, 7) is 4.32. The van der Waals surface area contributed by atoms with E-state index in [0.29, 0.717) is 28.6 Å². The summed E-state index contributed by atoms with van der Waals surface area (Å²) in [6, 6.07) is 1.87. The van der Waals surface area contributed by atoms with E-state index in [1.807, 2.05) is 17.6 Å². The Morgan fingerprint density at radius 2 is 1.90 bits per heavy atom. The summed E-state index contributed by atoms with van der Waals surface area (Å²) in [5.74, 6) is 1.46. The monoisotopic (exact) mass is 415 g/mol. The number of H-pyrrole nitrogens is 1. The highest BCUT2D eigenvalue weighted by molar-refractivity contribution is 7.99. The first-order chi connectivity index (χ1) is 14.0. The molecule has 0 radical (unpaired) electrons. The molecule has 0 aromatic carbocycles. The summed E-state index contributed by atoms with van der Waals surface area (Å²) < 4.78 is 3.35. The molecule has 1 saturated heterocycles. The van der Waals surface area contributed by atoms with Crippen molar-refractivity contribution in [1.82, 2.24) is 29.1 Å². The van der Waals surface area contributed by atoms with E-state index in [-0.39, 0.29) is 0 Å². The predicted molar refractivity (Wildman–Crippen MR) is 114 cm³/mol. The molecule has 4 rings (SSSR count). The van der Waals surface area contributed by atoms with Crippen LogP contribution in [0, 0.1) is 6.92 Å². The van der Waals surface area contributed by atoms with Crippen LogP contribution in [0.1, 0.15) is 31.4 Å². The van der Waals surface area contributed by atoms with Crippen molar-refractivity contribution in [2.45, 2.75) is 44.3 Å². The molecule has 0 aliphatic carbocycles. The molecule has 9 nitrogen and oxygen atoms in total. The van der Waals surface area contributed by atoms with E-state index in [0.717, 1.165) is 37.6 Å². The maximum absolute atomic E-state index is 12.6. The molecule has 0 unspecified atom stereocenters. The molecule has 1 N–H and O–H groups in total. The first-order valence-electron chi connectivity index (χ1n) is 9.91. The second-order valence-electron chi connectivity index (χ2n) is 7.28. The molecule has 3 aromatic heterocycles. The molecule has 154 valence electrons. The number of rotatable bonds is 5. The highest BCUT2D eigenvalue weighted by Crippen LogP contribution is 2.24. The smallest absolute Gasteiger partial charge is 0.329 e. The number of aromatic nitrogens is 6. The van der Waals surface area contributed by atoms with Crippen molar-refractivity contribution in [1.29, 1.82) is 0 Å². The van der Waals surface area contributed by atoms with Gasteiger partial charge in [0.05, 0.1) is 0 Å². The number of thioether (sulfide) groups is 1. The molecule has 0 atom stereocenters. The predicted octanol–water partition coefficient (Wildman–Crippen LogP) is 1.69. The van der Waals surface area contributed by atoms with Gasteiger partial charge in [-0.3, -0.25) is 14.3 Å². The highest BCUT2D eigenvalue weighted by atomic mass is 32.2. The van der Waals surface area contributed by atoms with E-state index in [1.54, 1.807) is 25.0 Å². The second-order valence-corrected chi connectivity index (χ2v) is 8.35. The van der Waals surface area contributed by atoms with Crippen LogP contribution in [0.5, 0.6) is 0 Å². The lowest BCUT2D eigenvalue weighted by molar-refractivity contribution is 0.705. The van der Waals surface area contributed by atoms with Gasteiger partial charge in [0.15, 0.2) is 16.3 Å². The van der Waals surface area contributed by atoms with E-state index in [2.05, 4.69) is 19.9 Å². The van der Waals surface area contributed by atoms with Crippen LogP contribution < -0.4 is 16.1 Å². The molecule has 0 spiro atoms. The first kappa shape index (κ1) is 19.7. The molecule has 4 heterocycles. The maximum Gasteiger partial charge on any atom is 0.329 e. The van der Waals surface area contributed by atoms with E-state index >= 15 is 0 Å². The summed E-state index contributed by atoms with van der Waals surface area (Å²) >= 11 is 1.54. The largest absolute Gasteiger partial charge is 0.342 e. The Morgan fingerprint density at radius 1 is 1.14 bits per heavy atom. The number of nitrogens with one attached hydrogen (secondary N) is 1. The molecule has 1 fully saturated rings. The Hall–Kier alpha value is -2.62. The van der Waals surface area contributed by atoms with Gasteiger partial charge in [0.2, 0.25) is 5.95 Å². The van der Waals surface area contributed by atoms with Gasteiger partial charge in [-0.05, 0) is 25.8 Å². The van der Waals surface area contributed by atoms with Gasteiger partial charge >= 0.3 is 5.69 Å².